The van der Waals surface area contributed by atoms with Crippen molar-refractivity contribution in [1.29, 1.82) is 0 Å². The maximum Gasteiger partial charge on any atom is 0.321 e. The predicted octanol–water partition coefficient (Wildman–Crippen LogP) is 4.16. The highest BCUT2D eigenvalue weighted by Crippen LogP contribution is 2.37. The van der Waals surface area contributed by atoms with Crippen LogP contribution in [0.3, 0.4) is 0 Å². The summed E-state index contributed by atoms with van der Waals surface area (Å²) in [6.07, 6.45) is 2.87. The number of aromatic nitrogens is 2. The Hall–Kier alpha value is -2.36. The first kappa shape index (κ1) is 22.8. The molecule has 0 radical (unpaired) electrons. The van der Waals surface area contributed by atoms with Gasteiger partial charge in [-0.2, -0.15) is 0 Å². The number of rotatable bonds is 5. The zero-order chi connectivity index (χ0) is 22.8. The molecule has 1 aliphatic carbocycles. The Morgan fingerprint density at radius 1 is 1.31 bits per heavy atom. The number of hydrogen-bond acceptors (Lipinski definition) is 6. The number of benzene rings is 1. The molecule has 1 aliphatic rings. The molecule has 10 heteroatoms. The molecule has 3 amide bonds. The molecule has 0 saturated carbocycles. The fourth-order valence-corrected chi connectivity index (χ4v) is 6.15. The van der Waals surface area contributed by atoms with Gasteiger partial charge >= 0.3 is 6.03 Å². The van der Waals surface area contributed by atoms with Crippen LogP contribution >= 0.6 is 34.7 Å². The van der Waals surface area contributed by atoms with Gasteiger partial charge in [-0.3, -0.25) is 19.5 Å². The van der Waals surface area contributed by atoms with Gasteiger partial charge in [-0.05, 0) is 61.9 Å². The number of nitrogens with zero attached hydrogens (tertiary/aromatic N) is 2. The van der Waals surface area contributed by atoms with Gasteiger partial charge in [-0.15, -0.1) is 11.3 Å². The van der Waals surface area contributed by atoms with E-state index in [1.807, 2.05) is 0 Å². The van der Waals surface area contributed by atoms with Gasteiger partial charge in [0.1, 0.15) is 4.83 Å². The third-order valence-corrected chi connectivity index (χ3v) is 7.64. The Morgan fingerprint density at radius 3 is 2.78 bits per heavy atom. The second-order valence-corrected chi connectivity index (χ2v) is 10.2. The van der Waals surface area contributed by atoms with Gasteiger partial charge < -0.3 is 5.32 Å². The van der Waals surface area contributed by atoms with Crippen LogP contribution in [0.15, 0.2) is 34.2 Å². The Morgan fingerprint density at radius 2 is 2.06 bits per heavy atom. The van der Waals surface area contributed by atoms with E-state index in [1.54, 1.807) is 42.5 Å². The number of hydrogen-bond donors (Lipinski definition) is 2. The molecule has 7 nitrogen and oxygen atoms in total. The van der Waals surface area contributed by atoms with E-state index in [4.69, 9.17) is 16.6 Å². The number of urea groups is 1. The minimum absolute atomic E-state index is 0.0508. The van der Waals surface area contributed by atoms with Crippen molar-refractivity contribution in [3.63, 3.8) is 0 Å². The van der Waals surface area contributed by atoms with Crippen LogP contribution < -0.4 is 16.2 Å². The van der Waals surface area contributed by atoms with E-state index in [0.717, 1.165) is 36.6 Å². The standard InChI is InChI=1S/C22H23ClN4O3S2/c1-3-24-21(30)25-17(28)11-31-22-26-19-18(15-9-4-12(2)10-16(15)32-19)20(29)27(22)14-7-5-13(23)6-8-14/h5-8,12H,3-4,9-11H2,1-2H3,(H2,24,25,28,30). The summed E-state index contributed by atoms with van der Waals surface area (Å²) in [5.74, 6) is 0.0725. The summed E-state index contributed by atoms with van der Waals surface area (Å²) in [5.41, 5.74) is 1.59. The van der Waals surface area contributed by atoms with E-state index in [1.165, 1.54) is 9.44 Å². The third-order valence-electron chi connectivity index (χ3n) is 5.31. The topological polar surface area (TPSA) is 93.1 Å². The van der Waals surface area contributed by atoms with Crippen molar-refractivity contribution in [2.45, 2.75) is 38.3 Å². The Kier molecular flexibility index (Phi) is 6.88. The Labute approximate surface area is 198 Å². The molecule has 32 heavy (non-hydrogen) atoms. The monoisotopic (exact) mass is 490 g/mol. The van der Waals surface area contributed by atoms with Crippen LogP contribution in [0.25, 0.3) is 15.9 Å². The number of carbonyl (C=O) groups is 2. The normalized spacial score (nSPS) is 15.4. The minimum atomic E-state index is -0.545. The smallest absolute Gasteiger partial charge is 0.321 e. The number of carbonyl (C=O) groups excluding carboxylic acids is 2. The van der Waals surface area contributed by atoms with Crippen molar-refractivity contribution in [1.82, 2.24) is 20.2 Å². The molecule has 2 aromatic heterocycles. The first-order chi connectivity index (χ1) is 15.4. The average molecular weight is 491 g/mol. The molecule has 3 aromatic rings. The zero-order valence-corrected chi connectivity index (χ0v) is 20.1. The lowest BCUT2D eigenvalue weighted by Gasteiger charge is -2.17. The number of halogens is 1. The lowest BCUT2D eigenvalue weighted by Crippen LogP contribution is -2.40. The van der Waals surface area contributed by atoms with Crippen molar-refractivity contribution >= 4 is 56.9 Å². The van der Waals surface area contributed by atoms with Gasteiger partial charge in [0, 0.05) is 16.4 Å². The molecule has 0 saturated heterocycles. The highest BCUT2D eigenvalue weighted by atomic mass is 35.5. The summed E-state index contributed by atoms with van der Waals surface area (Å²) in [7, 11) is 0. The van der Waals surface area contributed by atoms with E-state index in [9.17, 15) is 14.4 Å². The molecule has 2 N–H and O–H groups in total. The third kappa shape index (κ3) is 4.69. The van der Waals surface area contributed by atoms with E-state index in [2.05, 4.69) is 17.6 Å². The number of aryl methyl sites for hydroxylation is 1. The largest absolute Gasteiger partial charge is 0.338 e. The van der Waals surface area contributed by atoms with Crippen LogP contribution in [0.4, 0.5) is 4.79 Å². The molecule has 168 valence electrons. The number of fused-ring (bicyclic) bond motifs is 3. The minimum Gasteiger partial charge on any atom is -0.338 e. The van der Waals surface area contributed by atoms with Crippen LogP contribution in [-0.4, -0.2) is 33.8 Å². The number of imide groups is 1. The quantitative estimate of drug-likeness (QED) is 0.413. The molecule has 1 unspecified atom stereocenters. The number of amides is 3. The first-order valence-electron chi connectivity index (χ1n) is 10.4. The summed E-state index contributed by atoms with van der Waals surface area (Å²) in [6.45, 7) is 4.41. The maximum atomic E-state index is 13.7. The summed E-state index contributed by atoms with van der Waals surface area (Å²) >= 11 is 8.73. The van der Waals surface area contributed by atoms with Crippen LogP contribution in [0.5, 0.6) is 0 Å². The second kappa shape index (κ2) is 9.64. The fraction of sp³-hybridized carbons (Fsp3) is 0.364. The van der Waals surface area contributed by atoms with E-state index >= 15 is 0 Å². The van der Waals surface area contributed by atoms with Gasteiger partial charge in [-0.25, -0.2) is 9.78 Å². The molecule has 0 aliphatic heterocycles. The van der Waals surface area contributed by atoms with Crippen molar-refractivity contribution < 1.29 is 9.59 Å². The van der Waals surface area contributed by atoms with Crippen LogP contribution in [-0.2, 0) is 17.6 Å². The molecule has 0 spiro atoms. The molecule has 4 rings (SSSR count). The Balaban J connectivity index is 1.75. The average Bonchev–Trinajstić information content (AvgIpc) is 3.11. The molecule has 0 bridgehead atoms. The summed E-state index contributed by atoms with van der Waals surface area (Å²) in [5, 5.41) is 6.43. The maximum absolute atomic E-state index is 13.7. The lowest BCUT2D eigenvalue weighted by atomic mass is 9.89. The summed E-state index contributed by atoms with van der Waals surface area (Å²) < 4.78 is 1.54. The molecule has 2 heterocycles. The van der Waals surface area contributed by atoms with Crippen LogP contribution in [0, 0.1) is 5.92 Å². The van der Waals surface area contributed by atoms with Crippen molar-refractivity contribution in [3.05, 3.63) is 50.1 Å². The van der Waals surface area contributed by atoms with Crippen LogP contribution in [0.1, 0.15) is 30.7 Å². The molecular weight excluding hydrogens is 468 g/mol. The van der Waals surface area contributed by atoms with Crippen LogP contribution in [0.2, 0.25) is 5.02 Å². The first-order valence-corrected chi connectivity index (χ1v) is 12.6. The molecule has 0 fully saturated rings. The van der Waals surface area contributed by atoms with E-state index in [0.29, 0.717) is 38.5 Å². The second-order valence-electron chi connectivity index (χ2n) is 7.74. The number of thioether (sulfide) groups is 1. The number of nitrogens with one attached hydrogen (secondary N) is 2. The molecule has 1 atom stereocenters. The summed E-state index contributed by atoms with van der Waals surface area (Å²) in [6, 6.07) is 6.41. The van der Waals surface area contributed by atoms with Gasteiger partial charge in [0.05, 0.1) is 16.8 Å². The zero-order valence-electron chi connectivity index (χ0n) is 17.7. The number of thiophene rings is 1. The molecule has 1 aromatic carbocycles. The van der Waals surface area contributed by atoms with Gasteiger partial charge in [-0.1, -0.05) is 30.3 Å². The lowest BCUT2D eigenvalue weighted by molar-refractivity contribution is -0.117. The van der Waals surface area contributed by atoms with Gasteiger partial charge in [0.25, 0.3) is 5.56 Å². The van der Waals surface area contributed by atoms with Crippen molar-refractivity contribution in [2.24, 2.45) is 5.92 Å². The van der Waals surface area contributed by atoms with Gasteiger partial charge in [0.15, 0.2) is 5.16 Å². The van der Waals surface area contributed by atoms with E-state index in [-0.39, 0.29) is 11.3 Å². The fourth-order valence-electron chi connectivity index (χ4n) is 3.78. The van der Waals surface area contributed by atoms with Crippen molar-refractivity contribution in [3.8, 4) is 5.69 Å². The summed E-state index contributed by atoms with van der Waals surface area (Å²) in [4.78, 5) is 44.2. The predicted molar refractivity (Wildman–Crippen MR) is 129 cm³/mol. The highest BCUT2D eigenvalue weighted by molar-refractivity contribution is 7.99. The van der Waals surface area contributed by atoms with Crippen molar-refractivity contribution in [2.75, 3.05) is 12.3 Å². The molecular formula is C22H23ClN4O3S2. The van der Waals surface area contributed by atoms with E-state index < -0.39 is 11.9 Å². The van der Waals surface area contributed by atoms with Gasteiger partial charge in [0.2, 0.25) is 5.91 Å². The highest BCUT2D eigenvalue weighted by Gasteiger charge is 2.25. The Bertz CT molecular complexity index is 1240. The SMILES string of the molecule is CCNC(=O)NC(=O)CSc1nc2sc3c(c2c(=O)n1-c1ccc(Cl)cc1)CCC(C)C3.